The molecule has 2 aromatic heterocycles. The molecule has 0 radical (unpaired) electrons. The number of oxime groups is 1. The standard InChI is InChI=1S/C64H74N8O17S2/c1-63(2,3)87-51(74)31-49(59(78)85-35-40-14-20-44(82-8)21-15-40)89-68-52(46-38-91-61(65-46)67-62(80)88-64(4,5)6)55(75)66-53-57(77)71-54(60(79)86-36-41-16-22-45(83-9)23-17-41)42(37-90-58(53)71)33-72(27-10-11-28-72)29-26-69-24-25-70-32-50(48(73)30-47(70)56(69)76)84-34-39-12-18-43(81-7)19-13-39/h12-23,30,32,38,49,53,58H,10-11,24-29,31,33-37H2,1-9H3,(H-,65,66,67,75,80)/p+1. The van der Waals surface area contributed by atoms with E-state index in [2.05, 4.69) is 20.8 Å². The van der Waals surface area contributed by atoms with Crippen LogP contribution in [0.1, 0.15) is 93.7 Å². The molecule has 3 atom stereocenters. The number of esters is 3. The molecule has 6 heterocycles. The summed E-state index contributed by atoms with van der Waals surface area (Å²) in [6.07, 6.45) is 0.0268. The first-order chi connectivity index (χ1) is 43.4. The zero-order chi connectivity index (χ0) is 65.2. The lowest BCUT2D eigenvalue weighted by molar-refractivity contribution is -0.911. The summed E-state index contributed by atoms with van der Waals surface area (Å²) >= 11 is 2.23. The topological polar surface area (TPSA) is 280 Å². The second-order valence-corrected chi connectivity index (χ2v) is 26.0. The maximum Gasteiger partial charge on any atom is 0.413 e. The fourth-order valence-electron chi connectivity index (χ4n) is 10.6. The number of nitrogens with one attached hydrogen (secondary N) is 2. The number of pyridine rings is 1. The van der Waals surface area contributed by atoms with Gasteiger partial charge < -0.3 is 62.0 Å². The molecule has 2 N–H and O–H groups in total. The first-order valence-corrected chi connectivity index (χ1v) is 31.5. The highest BCUT2D eigenvalue weighted by Crippen LogP contribution is 2.42. The summed E-state index contributed by atoms with van der Waals surface area (Å²) in [6.45, 7) is 13.2. The Kier molecular flexibility index (Phi) is 21.1. The molecule has 2 saturated heterocycles. The third-order valence-electron chi connectivity index (χ3n) is 15.1. The number of aromatic nitrogens is 2. The van der Waals surface area contributed by atoms with Crippen LogP contribution < -0.4 is 35.0 Å². The van der Waals surface area contributed by atoms with Crippen molar-refractivity contribution in [1.82, 2.24) is 24.7 Å². The number of quaternary nitrogens is 1. The van der Waals surface area contributed by atoms with Crippen LogP contribution in [0, 0.1) is 0 Å². The zero-order valence-electron chi connectivity index (χ0n) is 52.2. The van der Waals surface area contributed by atoms with E-state index in [1.807, 2.05) is 12.1 Å². The largest absolute Gasteiger partial charge is 0.497 e. The third kappa shape index (κ3) is 17.1. The number of β-lactam (4-membered cyclic amide) rings is 1. The van der Waals surface area contributed by atoms with Gasteiger partial charge in [-0.25, -0.2) is 19.4 Å². The second-order valence-electron chi connectivity index (χ2n) is 24.1. The molecule has 0 spiro atoms. The van der Waals surface area contributed by atoms with Gasteiger partial charge in [-0.15, -0.1) is 23.1 Å². The van der Waals surface area contributed by atoms with Gasteiger partial charge >= 0.3 is 24.0 Å². The predicted octanol–water partition coefficient (Wildman–Crippen LogP) is 6.99. The maximum atomic E-state index is 14.8. The van der Waals surface area contributed by atoms with E-state index >= 15 is 0 Å². The smallest absolute Gasteiger partial charge is 0.413 e. The van der Waals surface area contributed by atoms with Crippen LogP contribution >= 0.6 is 23.1 Å². The number of benzene rings is 3. The van der Waals surface area contributed by atoms with Crippen LogP contribution in [0.2, 0.25) is 0 Å². The number of hydrogen-bond acceptors (Lipinski definition) is 21. The maximum absolute atomic E-state index is 14.8. The van der Waals surface area contributed by atoms with E-state index in [1.165, 1.54) is 42.3 Å². The lowest BCUT2D eigenvalue weighted by atomic mass is 10.0. The number of rotatable bonds is 25. The molecule has 4 aliphatic rings. The van der Waals surface area contributed by atoms with Gasteiger partial charge in [0.15, 0.2) is 16.6 Å². The molecule has 0 bridgehead atoms. The van der Waals surface area contributed by atoms with Crippen molar-refractivity contribution in [3.8, 4) is 23.0 Å². The Morgan fingerprint density at radius 1 is 0.769 bits per heavy atom. The Balaban J connectivity index is 0.956. The van der Waals surface area contributed by atoms with Crippen molar-refractivity contribution in [1.29, 1.82) is 0 Å². The Bertz CT molecular complexity index is 3630. The molecule has 27 heteroatoms. The Labute approximate surface area is 534 Å². The van der Waals surface area contributed by atoms with Crippen LogP contribution in [-0.4, -0.2) is 166 Å². The lowest BCUT2D eigenvalue weighted by Gasteiger charge is -2.50. The van der Waals surface area contributed by atoms with E-state index < -0.39 is 82.1 Å². The number of fused-ring (bicyclic) bond motifs is 2. The molecule has 4 aliphatic heterocycles. The van der Waals surface area contributed by atoms with Crippen LogP contribution in [0.5, 0.6) is 23.0 Å². The highest BCUT2D eigenvalue weighted by Gasteiger charge is 2.56. The number of thiazole rings is 1. The van der Waals surface area contributed by atoms with Gasteiger partial charge in [0.05, 0.1) is 60.1 Å². The number of carbonyl (C=O) groups is 7. The Hall–Kier alpha value is -8.95. The van der Waals surface area contributed by atoms with Crippen molar-refractivity contribution in [3.63, 3.8) is 0 Å². The van der Waals surface area contributed by atoms with Gasteiger partial charge in [-0.2, -0.15) is 0 Å². The Morgan fingerprint density at radius 2 is 1.36 bits per heavy atom. The van der Waals surface area contributed by atoms with E-state index in [0.717, 1.165) is 42.8 Å². The molecule has 5 aromatic rings. The second kappa shape index (κ2) is 28.9. The fourth-order valence-corrected chi connectivity index (χ4v) is 12.6. The van der Waals surface area contributed by atoms with Gasteiger partial charge in [0.25, 0.3) is 17.7 Å². The molecular weight excluding hydrogens is 1220 g/mol. The van der Waals surface area contributed by atoms with E-state index in [4.69, 9.17) is 42.7 Å². The number of amides is 4. The van der Waals surface area contributed by atoms with Crippen molar-refractivity contribution < 1.29 is 80.8 Å². The number of hydrogen-bond donors (Lipinski definition) is 2. The van der Waals surface area contributed by atoms with E-state index in [0.29, 0.717) is 71.2 Å². The molecule has 91 heavy (non-hydrogen) atoms. The van der Waals surface area contributed by atoms with Crippen molar-refractivity contribution >= 4 is 75.7 Å². The summed E-state index contributed by atoms with van der Waals surface area (Å²) in [5, 5.41) is 9.93. The number of nitrogens with zero attached hydrogens (tertiary/aromatic N) is 6. The number of thioether (sulfide) groups is 1. The molecule has 0 aliphatic carbocycles. The summed E-state index contributed by atoms with van der Waals surface area (Å²) in [4.78, 5) is 125. The molecule has 3 unspecified atom stereocenters. The molecule has 484 valence electrons. The average Bonchev–Trinajstić information content (AvgIpc) is 0.881. The highest BCUT2D eigenvalue weighted by atomic mass is 32.2. The molecule has 9 rings (SSSR count). The number of likely N-dealkylation sites (tertiary alicyclic amines) is 1. The van der Waals surface area contributed by atoms with Crippen LogP contribution in [-0.2, 0) is 74.1 Å². The molecule has 2 fully saturated rings. The van der Waals surface area contributed by atoms with Crippen molar-refractivity contribution in [2.24, 2.45) is 5.16 Å². The SMILES string of the molecule is COc1ccc(COC(=O)C2=C(C[N+]3(CCN4CCn5cc(OCc6ccc(OC)cc6)c(=O)cc5C4=O)CCCC3)CSC3C(NC(=O)C(=NOC(CC(=O)OC(C)(C)C)C(=O)OCc4ccc(OC)cc4)c4csc(NC(=O)OC(C)(C)C)n4)C(=O)N23)cc1. The van der Waals surface area contributed by atoms with Gasteiger partial charge in [0.1, 0.15) is 83.3 Å². The minimum absolute atomic E-state index is 0.0109. The normalized spacial score (nSPS) is 17.4. The number of ether oxygens (including phenoxy) is 8. The van der Waals surface area contributed by atoms with E-state index in [-0.39, 0.29) is 59.4 Å². The number of carbonyl (C=O) groups excluding carboxylic acids is 7. The monoisotopic (exact) mass is 1290 g/mol. The van der Waals surface area contributed by atoms with Crippen molar-refractivity contribution in [3.05, 3.63) is 140 Å². The average molecular weight is 1290 g/mol. The molecule has 3 aromatic carbocycles. The van der Waals surface area contributed by atoms with E-state index in [9.17, 15) is 38.4 Å². The van der Waals surface area contributed by atoms with Crippen molar-refractivity contribution in [2.75, 3.05) is 71.7 Å². The van der Waals surface area contributed by atoms with Crippen molar-refractivity contribution in [2.45, 2.75) is 116 Å². The van der Waals surface area contributed by atoms with Gasteiger partial charge in [0, 0.05) is 48.7 Å². The lowest BCUT2D eigenvalue weighted by Crippen LogP contribution is -2.71. The first kappa shape index (κ1) is 66.5. The first-order valence-electron chi connectivity index (χ1n) is 29.5. The van der Waals surface area contributed by atoms with Crippen LogP contribution in [0.25, 0.3) is 0 Å². The molecule has 0 saturated carbocycles. The number of methoxy groups -OCH3 is 3. The third-order valence-corrected chi connectivity index (χ3v) is 17.2. The van der Waals surface area contributed by atoms with Gasteiger partial charge in [0.2, 0.25) is 11.5 Å². The van der Waals surface area contributed by atoms with E-state index in [1.54, 1.807) is 125 Å². The summed E-state index contributed by atoms with van der Waals surface area (Å²) in [6, 6.07) is 21.1. The zero-order valence-corrected chi connectivity index (χ0v) is 53.9. The molecule has 4 amide bonds. The predicted molar refractivity (Wildman–Crippen MR) is 334 cm³/mol. The van der Waals surface area contributed by atoms with Crippen LogP contribution in [0.3, 0.4) is 0 Å². The van der Waals surface area contributed by atoms with Gasteiger partial charge in [-0.3, -0.25) is 34.2 Å². The number of anilines is 1. The Morgan fingerprint density at radius 3 is 1.96 bits per heavy atom. The summed E-state index contributed by atoms with van der Waals surface area (Å²) in [7, 11) is 4.63. The summed E-state index contributed by atoms with van der Waals surface area (Å²) < 4.78 is 46.4. The highest BCUT2D eigenvalue weighted by molar-refractivity contribution is 8.00. The fraction of sp³-hybridized carbons (Fsp3) is 0.438. The summed E-state index contributed by atoms with van der Waals surface area (Å²) in [5.41, 5.74) is 0.0426. The summed E-state index contributed by atoms with van der Waals surface area (Å²) in [5.74, 6) is -2.34. The molecule has 25 nitrogen and oxygen atoms in total. The minimum atomic E-state index is -1.77. The molecular formula is C64H75N8O17S2+. The van der Waals surface area contributed by atoms with Crippen LogP contribution in [0.4, 0.5) is 9.93 Å². The van der Waals surface area contributed by atoms with Gasteiger partial charge in [-0.1, -0.05) is 41.6 Å². The van der Waals surface area contributed by atoms with Crippen LogP contribution in [0.15, 0.2) is 112 Å². The quantitative estimate of drug-likeness (QED) is 0.0149. The minimum Gasteiger partial charge on any atom is -0.497 e. The van der Waals surface area contributed by atoms with Gasteiger partial charge in [-0.05, 0) is 94.6 Å².